The average molecular weight is 611 g/mol. The molecule has 0 spiro atoms. The predicted molar refractivity (Wildman–Crippen MR) is 196 cm³/mol. The maximum Gasteiger partial charge on any atom is 0.294 e. The van der Waals surface area contributed by atoms with E-state index < -0.39 is 0 Å². The van der Waals surface area contributed by atoms with Crippen LogP contribution in [0.1, 0.15) is 0 Å². The molecular weight excluding hydrogens is 589 g/mol. The molecule has 48 heavy (non-hydrogen) atoms. The van der Waals surface area contributed by atoms with Crippen LogP contribution < -0.4 is 0 Å². The minimum atomic E-state index is 0.0151. The van der Waals surface area contributed by atoms with Gasteiger partial charge in [-0.1, -0.05) is 85.9 Å². The van der Waals surface area contributed by atoms with Crippen molar-refractivity contribution >= 4 is 87.8 Å². The van der Waals surface area contributed by atoms with Crippen LogP contribution in [0.4, 0.5) is 11.6 Å². The van der Waals surface area contributed by atoms with E-state index in [0.29, 0.717) is 11.0 Å². The maximum absolute atomic E-state index is 7.85. The summed E-state index contributed by atoms with van der Waals surface area (Å²) in [5.74, 6) is 0.0302. The number of rotatable bonds is 2. The van der Waals surface area contributed by atoms with Gasteiger partial charge >= 0.3 is 0 Å². The second-order valence-electron chi connectivity index (χ2n) is 12.0. The van der Waals surface area contributed by atoms with Crippen LogP contribution in [-0.4, -0.2) is 19.1 Å². The zero-order valence-electron chi connectivity index (χ0n) is 25.4. The highest BCUT2D eigenvalue weighted by molar-refractivity contribution is 6.30. The van der Waals surface area contributed by atoms with Gasteiger partial charge < -0.3 is 18.8 Å². The van der Waals surface area contributed by atoms with E-state index in [9.17, 15) is 0 Å². The molecule has 10 aromatic rings. The van der Waals surface area contributed by atoms with E-state index >= 15 is 0 Å². The lowest BCUT2D eigenvalue weighted by molar-refractivity contribution is 1.18. The Morgan fingerprint density at radius 1 is 0.375 bits per heavy atom. The van der Waals surface area contributed by atoms with Crippen LogP contribution in [-0.2, 0) is 0 Å². The van der Waals surface area contributed by atoms with Gasteiger partial charge in [-0.2, -0.15) is 0 Å². The molecule has 0 atom stereocenters. The number of benzene rings is 7. The summed E-state index contributed by atoms with van der Waals surface area (Å²) in [6.45, 7) is 15.7. The number of hydrogen-bond acceptors (Lipinski definition) is 2. The van der Waals surface area contributed by atoms with Gasteiger partial charge in [-0.25, -0.2) is 0 Å². The molecule has 0 aliphatic carbocycles. The SMILES string of the molecule is [C-]#[N+]c1nc2c3cc4c(cc3c3cc5c6ccccc6n(-c6ccccc6)c5cc3c2nc1[N+]#[C-])c1ccccc1n4-c1ccccc1. The van der Waals surface area contributed by atoms with Gasteiger partial charge in [0, 0.05) is 43.7 Å². The molecule has 0 aliphatic heterocycles. The second-order valence-corrected chi connectivity index (χ2v) is 12.0. The van der Waals surface area contributed by atoms with E-state index in [1.165, 1.54) is 0 Å². The summed E-state index contributed by atoms with van der Waals surface area (Å²) in [5.41, 5.74) is 7.65. The summed E-state index contributed by atoms with van der Waals surface area (Å²) in [4.78, 5) is 17.0. The van der Waals surface area contributed by atoms with Crippen LogP contribution in [0, 0.1) is 13.1 Å². The lowest BCUT2D eigenvalue weighted by Crippen LogP contribution is -1.95. The molecule has 0 unspecified atom stereocenters. The Labute approximate surface area is 274 Å². The molecule has 0 N–H and O–H groups in total. The summed E-state index contributed by atoms with van der Waals surface area (Å²) in [6.07, 6.45) is 0. The topological polar surface area (TPSA) is 44.4 Å². The van der Waals surface area contributed by atoms with Gasteiger partial charge in [-0.05, 0) is 71.4 Å². The minimum absolute atomic E-state index is 0.0151. The summed E-state index contributed by atoms with van der Waals surface area (Å²) in [6, 6.07) is 46.7. The second kappa shape index (κ2) is 9.74. The number of fused-ring (bicyclic) bond motifs is 12. The highest BCUT2D eigenvalue weighted by Crippen LogP contribution is 2.44. The summed E-state index contributed by atoms with van der Waals surface area (Å²) in [5, 5.41) is 8.42. The van der Waals surface area contributed by atoms with Crippen molar-refractivity contribution in [3.63, 3.8) is 0 Å². The monoisotopic (exact) mass is 610 g/mol. The van der Waals surface area contributed by atoms with Crippen LogP contribution >= 0.6 is 0 Å². The van der Waals surface area contributed by atoms with Crippen LogP contribution in [0.3, 0.4) is 0 Å². The number of nitrogens with zero attached hydrogens (tertiary/aromatic N) is 6. The van der Waals surface area contributed by atoms with Gasteiger partial charge in [0.15, 0.2) is 0 Å². The summed E-state index contributed by atoms with van der Waals surface area (Å²) < 4.78 is 4.57. The highest BCUT2D eigenvalue weighted by atomic mass is 15.0. The van der Waals surface area contributed by atoms with E-state index in [1.54, 1.807) is 0 Å². The van der Waals surface area contributed by atoms with E-state index in [1.807, 2.05) is 12.1 Å². The molecule has 0 saturated carbocycles. The summed E-state index contributed by atoms with van der Waals surface area (Å²) in [7, 11) is 0. The minimum Gasteiger partial charge on any atom is -0.370 e. The van der Waals surface area contributed by atoms with Crippen molar-refractivity contribution in [2.24, 2.45) is 0 Å². The molecule has 0 aliphatic rings. The molecule has 6 nitrogen and oxygen atoms in total. The van der Waals surface area contributed by atoms with Crippen molar-refractivity contribution in [1.29, 1.82) is 0 Å². The molecular formula is C42H22N6. The standard InChI is InChI=1S/C42H22N6/c1-43-41-42(44-2)46-40-34-24-38-32(28-18-10-12-20-36(28)48(38)26-15-7-4-8-16-26)22-30(34)29-21-31-27-17-9-11-19-35(27)47(25-13-5-3-6-14-25)37(31)23-33(29)39(40)45-41/h3-24H. The van der Waals surface area contributed by atoms with Crippen LogP contribution in [0.5, 0.6) is 0 Å². The molecule has 0 saturated heterocycles. The maximum atomic E-state index is 7.85. The van der Waals surface area contributed by atoms with Crippen molar-refractivity contribution < 1.29 is 0 Å². The first-order chi connectivity index (χ1) is 23.7. The van der Waals surface area contributed by atoms with Crippen molar-refractivity contribution in [2.45, 2.75) is 0 Å². The molecule has 0 fully saturated rings. The molecule has 3 heterocycles. The van der Waals surface area contributed by atoms with Gasteiger partial charge in [0.1, 0.15) is 0 Å². The molecule has 0 bridgehead atoms. The number of para-hydroxylation sites is 4. The highest BCUT2D eigenvalue weighted by Gasteiger charge is 2.24. The molecule has 10 rings (SSSR count). The molecule has 7 aromatic carbocycles. The van der Waals surface area contributed by atoms with Gasteiger partial charge in [0.2, 0.25) is 11.0 Å². The Kier molecular flexibility index (Phi) is 5.32. The smallest absolute Gasteiger partial charge is 0.294 e. The first kappa shape index (κ1) is 26.2. The zero-order valence-corrected chi connectivity index (χ0v) is 25.4. The van der Waals surface area contributed by atoms with Gasteiger partial charge in [0.05, 0.1) is 22.1 Å². The molecule has 0 radical (unpaired) electrons. The molecule has 220 valence electrons. The zero-order chi connectivity index (χ0) is 31.9. The fourth-order valence-electron chi connectivity index (χ4n) is 7.52. The first-order valence-corrected chi connectivity index (χ1v) is 15.7. The van der Waals surface area contributed by atoms with Crippen LogP contribution in [0.25, 0.3) is 97.3 Å². The Balaban J connectivity index is 1.46. The Hall–Kier alpha value is -7.02. The molecule has 3 aromatic heterocycles. The number of hydrogen-bond donors (Lipinski definition) is 0. The van der Waals surface area contributed by atoms with E-state index in [2.05, 4.69) is 140 Å². The Bertz CT molecular complexity index is 2860. The van der Waals surface area contributed by atoms with Crippen molar-refractivity contribution in [3.05, 3.63) is 156 Å². The first-order valence-electron chi connectivity index (χ1n) is 15.7. The quantitative estimate of drug-likeness (QED) is 0.144. The van der Waals surface area contributed by atoms with Crippen molar-refractivity contribution in [3.8, 4) is 11.4 Å². The average Bonchev–Trinajstić information content (AvgIpc) is 3.65. The van der Waals surface area contributed by atoms with Gasteiger partial charge in [-0.3, -0.25) is 0 Å². The van der Waals surface area contributed by atoms with Crippen LogP contribution in [0.15, 0.2) is 133 Å². The van der Waals surface area contributed by atoms with Gasteiger partial charge in [0.25, 0.3) is 11.6 Å². The van der Waals surface area contributed by atoms with Crippen molar-refractivity contribution in [1.82, 2.24) is 19.1 Å². The molecule has 6 heteroatoms. The van der Waals surface area contributed by atoms with Gasteiger partial charge in [-0.15, -0.1) is 9.97 Å². The fraction of sp³-hybridized carbons (Fsp3) is 0. The third-order valence-corrected chi connectivity index (χ3v) is 9.52. The van der Waals surface area contributed by atoms with Crippen molar-refractivity contribution in [2.75, 3.05) is 0 Å². The third-order valence-electron chi connectivity index (χ3n) is 9.52. The van der Waals surface area contributed by atoms with Crippen LogP contribution in [0.2, 0.25) is 0 Å². The number of aromatic nitrogens is 4. The lowest BCUT2D eigenvalue weighted by Gasteiger charge is -2.11. The Morgan fingerprint density at radius 3 is 1.19 bits per heavy atom. The molecule has 0 amide bonds. The van der Waals surface area contributed by atoms with E-state index in [-0.39, 0.29) is 11.6 Å². The fourth-order valence-corrected chi connectivity index (χ4v) is 7.52. The third kappa shape index (κ3) is 3.49. The Morgan fingerprint density at radius 2 is 0.771 bits per heavy atom. The predicted octanol–water partition coefficient (Wildman–Crippen LogP) is 11.2. The summed E-state index contributed by atoms with van der Waals surface area (Å²) >= 11 is 0. The normalized spacial score (nSPS) is 11.7. The van der Waals surface area contributed by atoms with E-state index in [0.717, 1.165) is 76.5 Å². The van der Waals surface area contributed by atoms with E-state index in [4.69, 9.17) is 23.1 Å². The largest absolute Gasteiger partial charge is 0.370 e. The lowest BCUT2D eigenvalue weighted by atomic mass is 9.96.